The Morgan fingerprint density at radius 2 is 1.94 bits per heavy atom. The molecule has 1 aliphatic carbocycles. The summed E-state index contributed by atoms with van der Waals surface area (Å²) in [5, 5.41) is 7.29. The molecule has 1 unspecified atom stereocenters. The van der Waals surface area contributed by atoms with Gasteiger partial charge in [-0.05, 0) is 43.0 Å². The van der Waals surface area contributed by atoms with E-state index in [1.165, 1.54) is 4.90 Å². The Morgan fingerprint density at radius 3 is 2.59 bits per heavy atom. The molecule has 2 fully saturated rings. The van der Waals surface area contributed by atoms with E-state index in [9.17, 15) is 14.4 Å². The van der Waals surface area contributed by atoms with Gasteiger partial charge in [-0.3, -0.25) is 24.4 Å². The quantitative estimate of drug-likeness (QED) is 0.572. The number of ether oxygens (including phenoxy) is 1. The Labute approximate surface area is 200 Å². The number of amides is 3. The summed E-state index contributed by atoms with van der Waals surface area (Å²) in [4.78, 5) is 43.5. The first-order valence-corrected chi connectivity index (χ1v) is 12.2. The number of aryl methyl sites for hydroxylation is 1. The van der Waals surface area contributed by atoms with Crippen molar-refractivity contribution in [1.82, 2.24) is 20.0 Å². The van der Waals surface area contributed by atoms with Gasteiger partial charge in [-0.15, -0.1) is 0 Å². The zero-order valence-corrected chi connectivity index (χ0v) is 20.3. The van der Waals surface area contributed by atoms with Crippen LogP contribution in [-0.2, 0) is 32.8 Å². The first-order chi connectivity index (χ1) is 16.4. The maximum Gasteiger partial charge on any atom is 0.241 e. The molecule has 2 aromatic rings. The third kappa shape index (κ3) is 4.58. The summed E-state index contributed by atoms with van der Waals surface area (Å²) in [5.41, 5.74) is 1.30. The van der Waals surface area contributed by atoms with Crippen molar-refractivity contribution in [3.63, 3.8) is 0 Å². The van der Waals surface area contributed by atoms with Crippen LogP contribution in [0.15, 0.2) is 30.3 Å². The van der Waals surface area contributed by atoms with Crippen LogP contribution in [0, 0.1) is 0 Å². The number of aromatic amines is 1. The van der Waals surface area contributed by atoms with Crippen molar-refractivity contribution in [3.05, 3.63) is 47.3 Å². The van der Waals surface area contributed by atoms with Gasteiger partial charge in [0.15, 0.2) is 0 Å². The summed E-state index contributed by atoms with van der Waals surface area (Å²) in [6.07, 6.45) is 5.54. The average Bonchev–Trinajstić information content (AvgIpc) is 3.55. The van der Waals surface area contributed by atoms with Crippen molar-refractivity contribution in [2.75, 3.05) is 14.2 Å². The van der Waals surface area contributed by atoms with E-state index in [4.69, 9.17) is 4.74 Å². The number of hydrogen-bond donors (Lipinski definition) is 1. The molecule has 3 amide bonds. The molecule has 2 heterocycles. The number of nitrogens with one attached hydrogen (secondary N) is 1. The molecule has 0 bridgehead atoms. The predicted octanol–water partition coefficient (Wildman–Crippen LogP) is 3.36. The minimum Gasteiger partial charge on any atom is -0.497 e. The van der Waals surface area contributed by atoms with Gasteiger partial charge in [0.05, 0.1) is 30.5 Å². The number of imide groups is 1. The Hall–Kier alpha value is -3.16. The molecule has 1 N–H and O–H groups in total. The number of aromatic nitrogens is 2. The highest BCUT2D eigenvalue weighted by atomic mass is 16.5. The monoisotopic (exact) mass is 466 g/mol. The van der Waals surface area contributed by atoms with E-state index >= 15 is 0 Å². The summed E-state index contributed by atoms with van der Waals surface area (Å²) in [6, 6.07) is 9.08. The molecule has 8 heteroatoms. The van der Waals surface area contributed by atoms with Gasteiger partial charge in [0.25, 0.3) is 0 Å². The number of nitrogens with zero attached hydrogens (tertiary/aromatic N) is 3. The highest BCUT2D eigenvalue weighted by Gasteiger charge is 2.55. The van der Waals surface area contributed by atoms with Gasteiger partial charge in [0, 0.05) is 25.9 Å². The minimum absolute atomic E-state index is 0.0128. The van der Waals surface area contributed by atoms with Crippen LogP contribution in [0.4, 0.5) is 0 Å². The van der Waals surface area contributed by atoms with Crippen molar-refractivity contribution in [2.24, 2.45) is 0 Å². The second-order valence-corrected chi connectivity index (χ2v) is 9.56. The Balaban J connectivity index is 1.59. The van der Waals surface area contributed by atoms with Crippen LogP contribution in [0.5, 0.6) is 5.75 Å². The maximum atomic E-state index is 13.9. The molecule has 1 saturated carbocycles. The zero-order chi connectivity index (χ0) is 24.3. The summed E-state index contributed by atoms with van der Waals surface area (Å²) in [5.74, 6) is 0.0508. The molecule has 0 radical (unpaired) electrons. The van der Waals surface area contributed by atoms with Gasteiger partial charge in [0.2, 0.25) is 17.7 Å². The summed E-state index contributed by atoms with van der Waals surface area (Å²) in [6.45, 7) is 2.46. The number of benzene rings is 1. The van der Waals surface area contributed by atoms with Crippen molar-refractivity contribution in [3.8, 4) is 5.75 Å². The second kappa shape index (κ2) is 9.99. The number of H-pyrrole nitrogens is 1. The lowest BCUT2D eigenvalue weighted by Gasteiger charge is -2.30. The van der Waals surface area contributed by atoms with Crippen molar-refractivity contribution < 1.29 is 19.1 Å². The molecule has 1 saturated heterocycles. The first kappa shape index (κ1) is 24.0. The summed E-state index contributed by atoms with van der Waals surface area (Å²) >= 11 is 0. The molecule has 1 aromatic heterocycles. The molecule has 1 aliphatic heterocycles. The lowest BCUT2D eigenvalue weighted by molar-refractivity contribution is -0.144. The smallest absolute Gasteiger partial charge is 0.241 e. The average molecular weight is 467 g/mol. The predicted molar refractivity (Wildman–Crippen MR) is 127 cm³/mol. The van der Waals surface area contributed by atoms with E-state index < -0.39 is 5.41 Å². The Bertz CT molecular complexity index is 1040. The van der Waals surface area contributed by atoms with Crippen LogP contribution in [0.2, 0.25) is 0 Å². The van der Waals surface area contributed by atoms with Gasteiger partial charge >= 0.3 is 0 Å². The number of hydrogen-bond acceptors (Lipinski definition) is 5. The Morgan fingerprint density at radius 1 is 1.24 bits per heavy atom. The van der Waals surface area contributed by atoms with E-state index in [0.717, 1.165) is 49.9 Å². The maximum absolute atomic E-state index is 13.9. The number of likely N-dealkylation sites (tertiary alicyclic amines) is 1. The molecule has 8 nitrogen and oxygen atoms in total. The zero-order valence-electron chi connectivity index (χ0n) is 20.3. The molecular weight excluding hydrogens is 432 g/mol. The van der Waals surface area contributed by atoms with Gasteiger partial charge in [-0.25, -0.2) is 0 Å². The van der Waals surface area contributed by atoms with Crippen LogP contribution in [-0.4, -0.2) is 57.9 Å². The minimum atomic E-state index is -1.20. The van der Waals surface area contributed by atoms with E-state index in [1.54, 1.807) is 43.3 Å². The Kier molecular flexibility index (Phi) is 7.05. The fraction of sp³-hybridized carbons (Fsp3) is 0.538. The molecule has 182 valence electrons. The van der Waals surface area contributed by atoms with Crippen LogP contribution >= 0.6 is 0 Å². The molecule has 2 aliphatic rings. The third-order valence-electron chi connectivity index (χ3n) is 7.16. The van der Waals surface area contributed by atoms with Gasteiger partial charge in [-0.2, -0.15) is 5.10 Å². The fourth-order valence-electron chi connectivity index (χ4n) is 5.28. The third-order valence-corrected chi connectivity index (χ3v) is 7.16. The lowest BCUT2D eigenvalue weighted by atomic mass is 9.75. The highest BCUT2D eigenvalue weighted by molar-refractivity contribution is 6.11. The molecule has 0 spiro atoms. The highest BCUT2D eigenvalue weighted by Crippen LogP contribution is 2.43. The number of rotatable bonds is 9. The SMILES string of the molecule is CCCc1cc(CN(C)C(=O)CC2(c3ccc(OC)cc3)CC(=O)N(C3CCCC3)C2=O)[nH]n1. The van der Waals surface area contributed by atoms with Crippen LogP contribution in [0.3, 0.4) is 0 Å². The number of carbonyl (C=O) groups is 3. The fourth-order valence-corrected chi connectivity index (χ4v) is 5.28. The van der Waals surface area contributed by atoms with Gasteiger partial charge < -0.3 is 9.64 Å². The van der Waals surface area contributed by atoms with E-state index in [-0.39, 0.29) is 36.6 Å². The molecule has 1 atom stereocenters. The van der Waals surface area contributed by atoms with Crippen LogP contribution in [0.1, 0.15) is 68.8 Å². The van der Waals surface area contributed by atoms with Crippen LogP contribution < -0.4 is 4.74 Å². The van der Waals surface area contributed by atoms with Crippen LogP contribution in [0.25, 0.3) is 0 Å². The van der Waals surface area contributed by atoms with Gasteiger partial charge in [-0.1, -0.05) is 38.3 Å². The largest absolute Gasteiger partial charge is 0.497 e. The van der Waals surface area contributed by atoms with Crippen molar-refractivity contribution in [2.45, 2.75) is 76.3 Å². The number of methoxy groups -OCH3 is 1. The van der Waals surface area contributed by atoms with Crippen molar-refractivity contribution >= 4 is 17.7 Å². The van der Waals surface area contributed by atoms with Crippen molar-refractivity contribution in [1.29, 1.82) is 0 Å². The van der Waals surface area contributed by atoms with E-state index in [1.807, 2.05) is 6.07 Å². The topological polar surface area (TPSA) is 95.6 Å². The summed E-state index contributed by atoms with van der Waals surface area (Å²) < 4.78 is 5.27. The van der Waals surface area contributed by atoms with E-state index in [2.05, 4.69) is 17.1 Å². The second-order valence-electron chi connectivity index (χ2n) is 9.56. The normalized spacial score (nSPS) is 20.9. The molecule has 1 aromatic carbocycles. The number of carbonyl (C=O) groups excluding carboxylic acids is 3. The first-order valence-electron chi connectivity index (χ1n) is 12.2. The standard InChI is InChI=1S/C26H34N4O4/c1-4-7-19-14-20(28-27-19)17-29(2)23(31)15-26(18-10-12-22(34-3)13-11-18)16-24(32)30(25(26)33)21-8-5-6-9-21/h10-14,21H,4-9,15-17H2,1-3H3,(H,27,28). The molecular formula is C26H34N4O4. The van der Waals surface area contributed by atoms with E-state index in [0.29, 0.717) is 17.9 Å². The summed E-state index contributed by atoms with van der Waals surface area (Å²) in [7, 11) is 3.30. The van der Waals surface area contributed by atoms with Gasteiger partial charge in [0.1, 0.15) is 5.75 Å². The molecule has 34 heavy (non-hydrogen) atoms. The molecule has 4 rings (SSSR count). The lowest BCUT2D eigenvalue weighted by Crippen LogP contribution is -2.45.